The Kier molecular flexibility index (Phi) is 15.9. The normalized spacial score (nSPS) is 15.8. The molecule has 1 fully saturated rings. The third-order valence-electron chi connectivity index (χ3n) is 12.0. The first kappa shape index (κ1) is 42.9. The fourth-order valence-corrected chi connectivity index (χ4v) is 8.00. The van der Waals surface area contributed by atoms with Gasteiger partial charge >= 0.3 is 5.97 Å². The average molecular weight is 763 g/mol. The van der Waals surface area contributed by atoms with E-state index in [4.69, 9.17) is 9.47 Å². The Morgan fingerprint density at radius 1 is 0.786 bits per heavy atom. The fourth-order valence-electron chi connectivity index (χ4n) is 8.00. The maximum atomic E-state index is 16.0. The van der Waals surface area contributed by atoms with Crippen LogP contribution in [0.4, 0.5) is 4.39 Å². The summed E-state index contributed by atoms with van der Waals surface area (Å²) < 4.78 is 27.5. The van der Waals surface area contributed by atoms with Crippen LogP contribution in [-0.2, 0) is 22.4 Å². The first-order valence-electron chi connectivity index (χ1n) is 21.0. The Hall–Kier alpha value is -4.26. The molecular formula is C50H63FO5. The zero-order chi connectivity index (χ0) is 40.1. The third kappa shape index (κ3) is 11.0. The number of carbonyl (C=O) groups excluding carboxylic acids is 1. The van der Waals surface area contributed by atoms with Gasteiger partial charge in [0.15, 0.2) is 0 Å². The molecule has 1 saturated carbocycles. The highest BCUT2D eigenvalue weighted by molar-refractivity contribution is 5.86. The first-order chi connectivity index (χ1) is 27.1. The van der Waals surface area contributed by atoms with Crippen LogP contribution in [0.5, 0.6) is 5.75 Å². The highest BCUT2D eigenvalue weighted by Crippen LogP contribution is 2.39. The molecule has 6 heteroatoms. The van der Waals surface area contributed by atoms with Crippen LogP contribution in [0.2, 0.25) is 0 Å². The SMILES string of the molecule is C=C(C)C(=O)OCCCc1cc(-c2ccc(-c3ccc(-c4ccc(C5CCC(CCCCC)CC5)cc4)cc3F)c(CC)c2)ccc1OCC(CC)(CO)CO. The average Bonchev–Trinajstić information content (AvgIpc) is 3.23. The molecule has 0 heterocycles. The van der Waals surface area contributed by atoms with Crippen LogP contribution in [-0.4, -0.2) is 42.6 Å². The summed E-state index contributed by atoms with van der Waals surface area (Å²) >= 11 is 0. The van der Waals surface area contributed by atoms with Crippen molar-refractivity contribution in [2.24, 2.45) is 11.3 Å². The van der Waals surface area contributed by atoms with Gasteiger partial charge in [-0.1, -0.05) is 114 Å². The molecule has 4 aromatic carbocycles. The number of ether oxygens (including phenoxy) is 2. The summed E-state index contributed by atoms with van der Waals surface area (Å²) in [6.45, 7) is 11.6. The number of aryl methyl sites for hydroxylation is 2. The van der Waals surface area contributed by atoms with Gasteiger partial charge in [-0.25, -0.2) is 9.18 Å². The van der Waals surface area contributed by atoms with E-state index in [-0.39, 0.29) is 32.2 Å². The van der Waals surface area contributed by atoms with Crippen molar-refractivity contribution in [1.82, 2.24) is 0 Å². The number of unbranched alkanes of at least 4 members (excludes halogenated alkanes) is 2. The molecule has 56 heavy (non-hydrogen) atoms. The lowest BCUT2D eigenvalue weighted by molar-refractivity contribution is -0.139. The Labute approximate surface area is 335 Å². The van der Waals surface area contributed by atoms with Crippen molar-refractivity contribution in [2.75, 3.05) is 26.4 Å². The molecule has 0 amide bonds. The molecule has 1 aliphatic rings. The van der Waals surface area contributed by atoms with Gasteiger partial charge in [-0.15, -0.1) is 0 Å². The number of benzene rings is 4. The summed E-state index contributed by atoms with van der Waals surface area (Å²) in [5.74, 6) is 1.53. The highest BCUT2D eigenvalue weighted by Gasteiger charge is 2.28. The molecule has 2 N–H and O–H groups in total. The summed E-state index contributed by atoms with van der Waals surface area (Å²) in [5, 5.41) is 20.0. The summed E-state index contributed by atoms with van der Waals surface area (Å²) in [6, 6.07) is 26.6. The Morgan fingerprint density at radius 2 is 1.41 bits per heavy atom. The number of halogens is 1. The van der Waals surface area contributed by atoms with Crippen LogP contribution < -0.4 is 4.74 Å². The van der Waals surface area contributed by atoms with Crippen LogP contribution in [0.1, 0.15) is 115 Å². The van der Waals surface area contributed by atoms with Gasteiger partial charge in [-0.05, 0) is 133 Å². The molecule has 1 aliphatic carbocycles. The third-order valence-corrected chi connectivity index (χ3v) is 12.0. The van der Waals surface area contributed by atoms with E-state index in [2.05, 4.69) is 56.8 Å². The van der Waals surface area contributed by atoms with Crippen molar-refractivity contribution >= 4 is 5.97 Å². The second kappa shape index (κ2) is 20.8. The lowest BCUT2D eigenvalue weighted by atomic mass is 9.77. The van der Waals surface area contributed by atoms with Crippen molar-refractivity contribution < 1.29 is 28.9 Å². The van der Waals surface area contributed by atoms with Crippen LogP contribution >= 0.6 is 0 Å². The van der Waals surface area contributed by atoms with E-state index < -0.39 is 11.4 Å². The zero-order valence-electron chi connectivity index (χ0n) is 34.2. The predicted octanol–water partition coefficient (Wildman–Crippen LogP) is 12.1. The van der Waals surface area contributed by atoms with E-state index in [1.54, 1.807) is 13.0 Å². The largest absolute Gasteiger partial charge is 0.493 e. The number of carbonyl (C=O) groups is 1. The second-order valence-corrected chi connectivity index (χ2v) is 16.1. The van der Waals surface area contributed by atoms with E-state index >= 15 is 4.39 Å². The minimum Gasteiger partial charge on any atom is -0.493 e. The number of esters is 1. The van der Waals surface area contributed by atoms with Crippen molar-refractivity contribution in [3.63, 3.8) is 0 Å². The number of hydrogen-bond acceptors (Lipinski definition) is 5. The van der Waals surface area contributed by atoms with Crippen molar-refractivity contribution in [3.05, 3.63) is 114 Å². The van der Waals surface area contributed by atoms with Crippen LogP contribution in [0.3, 0.4) is 0 Å². The minimum atomic E-state index is -0.747. The molecule has 300 valence electrons. The number of aliphatic hydroxyl groups is 2. The van der Waals surface area contributed by atoms with E-state index in [0.29, 0.717) is 42.1 Å². The van der Waals surface area contributed by atoms with E-state index in [0.717, 1.165) is 51.3 Å². The monoisotopic (exact) mass is 762 g/mol. The molecule has 0 radical (unpaired) electrons. The van der Waals surface area contributed by atoms with E-state index in [1.807, 2.05) is 43.3 Å². The Balaban J connectivity index is 1.32. The highest BCUT2D eigenvalue weighted by atomic mass is 19.1. The van der Waals surface area contributed by atoms with Crippen LogP contribution in [0, 0.1) is 17.2 Å². The van der Waals surface area contributed by atoms with Gasteiger partial charge in [-0.2, -0.15) is 0 Å². The van der Waals surface area contributed by atoms with Gasteiger partial charge in [0.05, 0.1) is 31.8 Å². The topological polar surface area (TPSA) is 76.0 Å². The molecule has 0 bridgehead atoms. The van der Waals surface area contributed by atoms with Gasteiger partial charge in [0.25, 0.3) is 0 Å². The molecule has 4 aromatic rings. The molecule has 0 unspecified atom stereocenters. The zero-order valence-corrected chi connectivity index (χ0v) is 34.2. The smallest absolute Gasteiger partial charge is 0.333 e. The van der Waals surface area contributed by atoms with Gasteiger partial charge in [-0.3, -0.25) is 0 Å². The summed E-state index contributed by atoms with van der Waals surface area (Å²) in [7, 11) is 0. The van der Waals surface area contributed by atoms with Crippen molar-refractivity contribution in [1.29, 1.82) is 0 Å². The quantitative estimate of drug-likeness (QED) is 0.0533. The van der Waals surface area contributed by atoms with Gasteiger partial charge in [0.2, 0.25) is 0 Å². The molecule has 0 aliphatic heterocycles. The van der Waals surface area contributed by atoms with Crippen LogP contribution in [0.15, 0.2) is 91.0 Å². The number of aliphatic hydroxyl groups excluding tert-OH is 2. The maximum Gasteiger partial charge on any atom is 0.333 e. The Bertz CT molecular complexity index is 1880. The Morgan fingerprint density at radius 3 is 2.02 bits per heavy atom. The molecule has 5 rings (SSSR count). The van der Waals surface area contributed by atoms with E-state index in [9.17, 15) is 15.0 Å². The molecule has 0 spiro atoms. The number of hydrogen-bond donors (Lipinski definition) is 2. The summed E-state index contributed by atoms with van der Waals surface area (Å²) in [4.78, 5) is 11.9. The van der Waals surface area contributed by atoms with E-state index in [1.165, 1.54) is 56.9 Å². The molecule has 0 atom stereocenters. The second-order valence-electron chi connectivity index (χ2n) is 16.1. The molecule has 0 saturated heterocycles. The van der Waals surface area contributed by atoms with Crippen molar-refractivity contribution in [3.8, 4) is 39.1 Å². The lowest BCUT2D eigenvalue weighted by Crippen LogP contribution is -2.35. The molecule has 5 nitrogen and oxygen atoms in total. The summed E-state index contributed by atoms with van der Waals surface area (Å²) in [5.41, 5.74) is 8.36. The maximum absolute atomic E-state index is 16.0. The molecular weight excluding hydrogens is 700 g/mol. The van der Waals surface area contributed by atoms with Crippen LogP contribution in [0.25, 0.3) is 33.4 Å². The summed E-state index contributed by atoms with van der Waals surface area (Å²) in [6.07, 6.45) is 13.1. The lowest BCUT2D eigenvalue weighted by Gasteiger charge is -2.29. The number of rotatable bonds is 20. The predicted molar refractivity (Wildman–Crippen MR) is 227 cm³/mol. The fraction of sp³-hybridized carbons (Fsp3) is 0.460. The van der Waals surface area contributed by atoms with Gasteiger partial charge < -0.3 is 19.7 Å². The van der Waals surface area contributed by atoms with Crippen molar-refractivity contribution in [2.45, 2.75) is 111 Å². The molecule has 0 aromatic heterocycles. The minimum absolute atomic E-state index is 0.165. The van der Waals surface area contributed by atoms with Gasteiger partial charge in [0, 0.05) is 11.1 Å². The van der Waals surface area contributed by atoms with Gasteiger partial charge in [0.1, 0.15) is 11.6 Å². The first-order valence-corrected chi connectivity index (χ1v) is 21.0. The standard InChI is InChI=1S/C50H63FO5/c1-6-9-10-12-36-14-16-38(17-15-36)39-18-20-40(21-19-39)43-23-26-46(47(51)31-43)45-25-22-41(29-37(45)7-2)42-24-27-48(56-34-50(8-3,32-52)33-53)44(30-42)13-11-28-55-49(54)35(4)5/h18-27,29-31,36,38,52-53H,4,6-17,28,32-34H2,1-3,5H3.